The number of amides is 1. The summed E-state index contributed by atoms with van der Waals surface area (Å²) in [4.78, 5) is 14.4. The summed E-state index contributed by atoms with van der Waals surface area (Å²) >= 11 is 0. The van der Waals surface area contributed by atoms with E-state index in [-0.39, 0.29) is 12.5 Å². The van der Waals surface area contributed by atoms with Crippen molar-refractivity contribution in [2.75, 3.05) is 43.1 Å². The van der Waals surface area contributed by atoms with Crippen molar-refractivity contribution in [3.05, 3.63) is 54.1 Å². The zero-order valence-corrected chi connectivity index (χ0v) is 16.1. The van der Waals surface area contributed by atoms with Crippen molar-refractivity contribution in [1.29, 1.82) is 0 Å². The molecule has 1 fully saturated rings. The highest BCUT2D eigenvalue weighted by molar-refractivity contribution is 5.92. The van der Waals surface area contributed by atoms with Crippen LogP contribution in [0.5, 0.6) is 5.75 Å². The van der Waals surface area contributed by atoms with Crippen LogP contribution >= 0.6 is 0 Å². The molecule has 1 amide bonds. The normalized spacial score (nSPS) is 15.3. The minimum Gasteiger partial charge on any atom is -0.484 e. The lowest BCUT2D eigenvalue weighted by Crippen LogP contribution is -2.36. The van der Waals surface area contributed by atoms with Gasteiger partial charge in [0.15, 0.2) is 6.61 Å². The van der Waals surface area contributed by atoms with E-state index in [1.807, 2.05) is 36.4 Å². The third kappa shape index (κ3) is 5.47. The quantitative estimate of drug-likeness (QED) is 0.801. The van der Waals surface area contributed by atoms with Crippen molar-refractivity contribution >= 4 is 17.3 Å². The molecule has 0 unspecified atom stereocenters. The summed E-state index contributed by atoms with van der Waals surface area (Å²) in [6.45, 7) is 7.68. The predicted molar refractivity (Wildman–Crippen MR) is 109 cm³/mol. The molecule has 0 bridgehead atoms. The molecule has 3 rings (SSSR count). The zero-order valence-electron chi connectivity index (χ0n) is 16.1. The number of nitrogens with zero attached hydrogens (tertiary/aromatic N) is 1. The van der Waals surface area contributed by atoms with Gasteiger partial charge in [-0.3, -0.25) is 4.79 Å². The van der Waals surface area contributed by atoms with Crippen molar-refractivity contribution in [1.82, 2.24) is 0 Å². The number of morpholine rings is 1. The van der Waals surface area contributed by atoms with Gasteiger partial charge in [-0.05, 0) is 54.3 Å². The fraction of sp³-hybridized carbons (Fsp3) is 0.409. The van der Waals surface area contributed by atoms with Gasteiger partial charge < -0.3 is 19.7 Å². The summed E-state index contributed by atoms with van der Waals surface area (Å²) < 4.78 is 11.0. The summed E-state index contributed by atoms with van der Waals surface area (Å²) in [6.07, 6.45) is 1.10. The van der Waals surface area contributed by atoms with Gasteiger partial charge in [-0.2, -0.15) is 0 Å². The number of benzene rings is 2. The molecule has 0 aliphatic carbocycles. The SMILES string of the molecule is CC[C@H](C)c1ccc(OCC(=O)Nc2ccc(N3CCOCC3)cc2)cc1. The molecule has 27 heavy (non-hydrogen) atoms. The summed E-state index contributed by atoms with van der Waals surface area (Å²) in [6, 6.07) is 15.9. The smallest absolute Gasteiger partial charge is 0.262 e. The lowest BCUT2D eigenvalue weighted by Gasteiger charge is -2.28. The molecule has 1 aliphatic rings. The van der Waals surface area contributed by atoms with E-state index in [4.69, 9.17) is 9.47 Å². The molecule has 5 heteroatoms. The Kier molecular flexibility index (Phi) is 6.71. The van der Waals surface area contributed by atoms with Gasteiger partial charge in [0.25, 0.3) is 5.91 Å². The minimum atomic E-state index is -0.167. The Hall–Kier alpha value is -2.53. The molecule has 5 nitrogen and oxygen atoms in total. The second kappa shape index (κ2) is 9.42. The molecule has 0 saturated carbocycles. The fourth-order valence-corrected chi connectivity index (χ4v) is 3.05. The molecule has 1 aliphatic heterocycles. The monoisotopic (exact) mass is 368 g/mol. The first-order valence-corrected chi connectivity index (χ1v) is 9.61. The largest absolute Gasteiger partial charge is 0.484 e. The third-order valence-corrected chi connectivity index (χ3v) is 4.96. The van der Waals surface area contributed by atoms with Gasteiger partial charge in [-0.25, -0.2) is 0 Å². The number of hydrogen-bond donors (Lipinski definition) is 1. The Morgan fingerprint density at radius 3 is 2.41 bits per heavy atom. The van der Waals surface area contributed by atoms with E-state index in [1.54, 1.807) is 0 Å². The molecule has 144 valence electrons. The van der Waals surface area contributed by atoms with Crippen LogP contribution in [0.3, 0.4) is 0 Å². The van der Waals surface area contributed by atoms with Gasteiger partial charge >= 0.3 is 0 Å². The average molecular weight is 368 g/mol. The number of rotatable bonds is 7. The van der Waals surface area contributed by atoms with Crippen molar-refractivity contribution in [3.8, 4) is 5.75 Å². The summed E-state index contributed by atoms with van der Waals surface area (Å²) in [5, 5.41) is 2.87. The van der Waals surface area contributed by atoms with Crippen LogP contribution in [-0.4, -0.2) is 38.8 Å². The van der Waals surface area contributed by atoms with Crippen molar-refractivity contribution in [2.24, 2.45) is 0 Å². The molecule has 0 spiro atoms. The highest BCUT2D eigenvalue weighted by atomic mass is 16.5. The summed E-state index contributed by atoms with van der Waals surface area (Å²) in [7, 11) is 0. The molecule has 1 saturated heterocycles. The number of carbonyl (C=O) groups is 1. The molecule has 1 heterocycles. The maximum Gasteiger partial charge on any atom is 0.262 e. The van der Waals surface area contributed by atoms with E-state index >= 15 is 0 Å². The first kappa shape index (κ1) is 19.2. The molecule has 0 radical (unpaired) electrons. The molecule has 1 atom stereocenters. The molecule has 2 aromatic rings. The van der Waals surface area contributed by atoms with Gasteiger partial charge in [0.2, 0.25) is 0 Å². The lowest BCUT2D eigenvalue weighted by molar-refractivity contribution is -0.118. The topological polar surface area (TPSA) is 50.8 Å². The summed E-state index contributed by atoms with van der Waals surface area (Å²) in [5.41, 5.74) is 3.20. The molecule has 1 N–H and O–H groups in total. The van der Waals surface area contributed by atoms with E-state index in [2.05, 4.69) is 36.2 Å². The standard InChI is InChI=1S/C22H28N2O3/c1-3-17(2)18-4-10-21(11-5-18)27-16-22(25)23-19-6-8-20(9-7-19)24-12-14-26-15-13-24/h4-11,17H,3,12-16H2,1-2H3,(H,23,25)/t17-/m0/s1. The van der Waals surface area contributed by atoms with Crippen LogP contribution in [0.1, 0.15) is 31.7 Å². The Labute approximate surface area is 161 Å². The highest BCUT2D eigenvalue weighted by Gasteiger charge is 2.11. The van der Waals surface area contributed by atoms with E-state index in [0.717, 1.165) is 44.1 Å². The van der Waals surface area contributed by atoms with Crippen LogP contribution in [0.25, 0.3) is 0 Å². The number of nitrogens with one attached hydrogen (secondary N) is 1. The van der Waals surface area contributed by atoms with Gasteiger partial charge in [0.1, 0.15) is 5.75 Å². The Morgan fingerprint density at radius 1 is 1.11 bits per heavy atom. The van der Waals surface area contributed by atoms with E-state index < -0.39 is 0 Å². The predicted octanol–water partition coefficient (Wildman–Crippen LogP) is 4.05. The van der Waals surface area contributed by atoms with Crippen LogP contribution in [0.4, 0.5) is 11.4 Å². The second-order valence-corrected chi connectivity index (χ2v) is 6.86. The van der Waals surface area contributed by atoms with Crippen LogP contribution in [0.15, 0.2) is 48.5 Å². The number of ether oxygens (including phenoxy) is 2. The van der Waals surface area contributed by atoms with Crippen LogP contribution < -0.4 is 15.0 Å². The first-order chi connectivity index (χ1) is 13.2. The van der Waals surface area contributed by atoms with E-state index in [1.165, 1.54) is 5.56 Å². The van der Waals surface area contributed by atoms with Crippen molar-refractivity contribution in [2.45, 2.75) is 26.2 Å². The van der Waals surface area contributed by atoms with Crippen LogP contribution in [0, 0.1) is 0 Å². The van der Waals surface area contributed by atoms with Crippen LogP contribution in [0.2, 0.25) is 0 Å². The zero-order chi connectivity index (χ0) is 19.1. The Morgan fingerprint density at radius 2 is 1.78 bits per heavy atom. The van der Waals surface area contributed by atoms with Crippen LogP contribution in [-0.2, 0) is 9.53 Å². The third-order valence-electron chi connectivity index (χ3n) is 4.96. The second-order valence-electron chi connectivity index (χ2n) is 6.86. The van der Waals surface area contributed by atoms with Gasteiger partial charge in [0.05, 0.1) is 13.2 Å². The summed E-state index contributed by atoms with van der Waals surface area (Å²) in [5.74, 6) is 1.07. The molecule has 0 aromatic heterocycles. The first-order valence-electron chi connectivity index (χ1n) is 9.61. The maximum absolute atomic E-state index is 12.1. The Balaban J connectivity index is 1.47. The minimum absolute atomic E-state index is 0.00606. The average Bonchev–Trinajstić information content (AvgIpc) is 2.73. The molecular formula is C22H28N2O3. The van der Waals surface area contributed by atoms with Crippen molar-refractivity contribution < 1.29 is 14.3 Å². The Bertz CT molecular complexity index is 722. The molecular weight excluding hydrogens is 340 g/mol. The van der Waals surface area contributed by atoms with Gasteiger partial charge in [-0.15, -0.1) is 0 Å². The number of carbonyl (C=O) groups excluding carboxylic acids is 1. The number of anilines is 2. The maximum atomic E-state index is 12.1. The van der Waals surface area contributed by atoms with E-state index in [9.17, 15) is 4.79 Å². The highest BCUT2D eigenvalue weighted by Crippen LogP contribution is 2.22. The number of hydrogen-bond acceptors (Lipinski definition) is 4. The van der Waals surface area contributed by atoms with E-state index in [0.29, 0.717) is 11.7 Å². The lowest BCUT2D eigenvalue weighted by atomic mass is 9.99. The molecule has 2 aromatic carbocycles. The van der Waals surface area contributed by atoms with Gasteiger partial charge in [-0.1, -0.05) is 26.0 Å². The fourth-order valence-electron chi connectivity index (χ4n) is 3.05. The van der Waals surface area contributed by atoms with Crippen molar-refractivity contribution in [3.63, 3.8) is 0 Å². The van der Waals surface area contributed by atoms with Gasteiger partial charge in [0, 0.05) is 24.5 Å².